The van der Waals surface area contributed by atoms with Gasteiger partial charge in [-0.15, -0.1) is 0 Å². The van der Waals surface area contributed by atoms with Crippen molar-refractivity contribution in [3.05, 3.63) is 58.0 Å². The van der Waals surface area contributed by atoms with Crippen LogP contribution in [0.25, 0.3) is 16.8 Å². The molecule has 0 aliphatic heterocycles. The average Bonchev–Trinajstić information content (AvgIpc) is 3.01. The van der Waals surface area contributed by atoms with E-state index in [0.717, 1.165) is 28.0 Å². The zero-order valence-corrected chi connectivity index (χ0v) is 15.4. The molecular weight excluding hydrogens is 359 g/mol. The lowest BCUT2D eigenvalue weighted by Crippen LogP contribution is -2.15. The van der Waals surface area contributed by atoms with E-state index in [1.54, 1.807) is 19.4 Å². The molecule has 7 heteroatoms. The Balaban J connectivity index is 2.14. The molecule has 0 spiro atoms. The molecule has 1 aromatic carbocycles. The number of fused-ring (bicyclic) bond motifs is 1. The minimum atomic E-state index is -0.174. The summed E-state index contributed by atoms with van der Waals surface area (Å²) in [5.41, 5.74) is 16.7. The van der Waals surface area contributed by atoms with Gasteiger partial charge in [0, 0.05) is 53.7 Å². The van der Waals surface area contributed by atoms with Crippen molar-refractivity contribution < 1.29 is 4.74 Å². The normalized spacial score (nSPS) is 12.7. The molecule has 132 valence electrons. The summed E-state index contributed by atoms with van der Waals surface area (Å²) in [6.07, 6.45) is 4.49. The highest BCUT2D eigenvalue weighted by Crippen LogP contribution is 2.33. The summed E-state index contributed by atoms with van der Waals surface area (Å²) in [4.78, 5) is 4.46. The number of nitrogens with zero attached hydrogens (tertiary/aromatic N) is 2. The maximum absolute atomic E-state index is 6.40. The topological polar surface area (TPSA) is 78.6 Å². The van der Waals surface area contributed by atoms with Crippen LogP contribution in [0.15, 0.2) is 36.7 Å². The number of rotatable bonds is 6. The van der Waals surface area contributed by atoms with Crippen molar-refractivity contribution in [2.45, 2.75) is 19.0 Å². The third-order valence-corrected chi connectivity index (χ3v) is 4.76. The van der Waals surface area contributed by atoms with E-state index >= 15 is 0 Å². The van der Waals surface area contributed by atoms with Crippen LogP contribution in [-0.2, 0) is 11.3 Å². The first-order valence-corrected chi connectivity index (χ1v) is 8.70. The van der Waals surface area contributed by atoms with Crippen molar-refractivity contribution in [1.82, 2.24) is 9.38 Å². The number of pyridine rings is 1. The molecule has 2 heterocycles. The Morgan fingerprint density at radius 2 is 2.04 bits per heavy atom. The predicted molar refractivity (Wildman–Crippen MR) is 102 cm³/mol. The van der Waals surface area contributed by atoms with Gasteiger partial charge in [-0.25, -0.2) is 4.98 Å². The fraction of sp³-hybridized carbons (Fsp3) is 0.278. The van der Waals surface area contributed by atoms with E-state index in [9.17, 15) is 0 Å². The highest BCUT2D eigenvalue weighted by molar-refractivity contribution is 6.36. The Morgan fingerprint density at radius 1 is 1.24 bits per heavy atom. The van der Waals surface area contributed by atoms with Gasteiger partial charge in [-0.1, -0.05) is 29.3 Å². The van der Waals surface area contributed by atoms with Crippen molar-refractivity contribution in [3.63, 3.8) is 0 Å². The SMILES string of the molecule is COCCC(N)c1cnc2cc(CN)c(-c3ccc(Cl)cc3Cl)cn12. The van der Waals surface area contributed by atoms with Gasteiger partial charge in [-0.05, 0) is 30.2 Å². The number of hydrogen-bond donors (Lipinski definition) is 2. The lowest BCUT2D eigenvalue weighted by Gasteiger charge is -2.15. The molecule has 5 nitrogen and oxygen atoms in total. The number of benzene rings is 1. The van der Waals surface area contributed by atoms with Crippen LogP contribution in [0.4, 0.5) is 0 Å². The maximum atomic E-state index is 6.40. The van der Waals surface area contributed by atoms with E-state index in [0.29, 0.717) is 29.6 Å². The molecule has 1 atom stereocenters. The number of methoxy groups -OCH3 is 1. The molecule has 25 heavy (non-hydrogen) atoms. The van der Waals surface area contributed by atoms with E-state index in [1.807, 2.05) is 28.8 Å². The molecule has 0 aliphatic rings. The average molecular weight is 379 g/mol. The Bertz CT molecular complexity index is 894. The van der Waals surface area contributed by atoms with E-state index in [-0.39, 0.29) is 6.04 Å². The summed E-state index contributed by atoms with van der Waals surface area (Å²) < 4.78 is 7.11. The fourth-order valence-corrected chi connectivity index (χ4v) is 3.38. The Labute approximate surface area is 156 Å². The largest absolute Gasteiger partial charge is 0.385 e. The second-order valence-corrected chi connectivity index (χ2v) is 6.68. The monoisotopic (exact) mass is 378 g/mol. The predicted octanol–water partition coefficient (Wildman–Crippen LogP) is 3.80. The summed E-state index contributed by atoms with van der Waals surface area (Å²) in [5, 5.41) is 1.17. The first-order chi connectivity index (χ1) is 12.0. The third kappa shape index (κ3) is 3.66. The van der Waals surface area contributed by atoms with Gasteiger partial charge in [0.25, 0.3) is 0 Å². The zero-order chi connectivity index (χ0) is 18.0. The lowest BCUT2D eigenvalue weighted by atomic mass is 10.0. The van der Waals surface area contributed by atoms with Gasteiger partial charge in [0.15, 0.2) is 0 Å². The van der Waals surface area contributed by atoms with Crippen LogP contribution < -0.4 is 11.5 Å². The highest BCUT2D eigenvalue weighted by Gasteiger charge is 2.16. The first kappa shape index (κ1) is 18.2. The van der Waals surface area contributed by atoms with Gasteiger partial charge in [0.2, 0.25) is 0 Å². The summed E-state index contributed by atoms with van der Waals surface area (Å²) in [5.74, 6) is 0. The lowest BCUT2D eigenvalue weighted by molar-refractivity contribution is 0.187. The molecule has 0 aliphatic carbocycles. The van der Waals surface area contributed by atoms with E-state index in [4.69, 9.17) is 39.4 Å². The maximum Gasteiger partial charge on any atom is 0.137 e. The smallest absolute Gasteiger partial charge is 0.137 e. The van der Waals surface area contributed by atoms with Crippen molar-refractivity contribution in [3.8, 4) is 11.1 Å². The summed E-state index contributed by atoms with van der Waals surface area (Å²) >= 11 is 12.4. The summed E-state index contributed by atoms with van der Waals surface area (Å²) in [6.45, 7) is 0.966. The van der Waals surface area contributed by atoms with Crippen LogP contribution in [0.5, 0.6) is 0 Å². The Hall–Kier alpha value is -1.63. The van der Waals surface area contributed by atoms with Gasteiger partial charge < -0.3 is 20.6 Å². The van der Waals surface area contributed by atoms with Crippen LogP contribution in [0.2, 0.25) is 10.0 Å². The molecule has 3 aromatic rings. The summed E-state index contributed by atoms with van der Waals surface area (Å²) in [7, 11) is 1.66. The molecule has 0 amide bonds. The second kappa shape index (κ2) is 7.72. The van der Waals surface area contributed by atoms with Crippen LogP contribution >= 0.6 is 23.2 Å². The number of halogens is 2. The molecule has 0 bridgehead atoms. The van der Waals surface area contributed by atoms with Crippen molar-refractivity contribution in [1.29, 1.82) is 0 Å². The molecular formula is C18H20Cl2N4O. The quantitative estimate of drug-likeness (QED) is 0.683. The number of imidazole rings is 1. The Kier molecular flexibility index (Phi) is 5.61. The number of aromatic nitrogens is 2. The molecule has 0 saturated carbocycles. The zero-order valence-electron chi connectivity index (χ0n) is 13.9. The van der Waals surface area contributed by atoms with Crippen molar-refractivity contribution >= 4 is 28.8 Å². The van der Waals surface area contributed by atoms with Crippen molar-refractivity contribution in [2.75, 3.05) is 13.7 Å². The molecule has 0 radical (unpaired) electrons. The van der Waals surface area contributed by atoms with Gasteiger partial charge in [0.1, 0.15) is 5.65 Å². The van der Waals surface area contributed by atoms with E-state index < -0.39 is 0 Å². The van der Waals surface area contributed by atoms with Gasteiger partial charge in [0.05, 0.1) is 11.9 Å². The van der Waals surface area contributed by atoms with Crippen molar-refractivity contribution in [2.24, 2.45) is 11.5 Å². The van der Waals surface area contributed by atoms with E-state index in [2.05, 4.69) is 4.98 Å². The number of hydrogen-bond acceptors (Lipinski definition) is 4. The van der Waals surface area contributed by atoms with Crippen LogP contribution in [0.3, 0.4) is 0 Å². The minimum absolute atomic E-state index is 0.174. The molecule has 4 N–H and O–H groups in total. The molecule has 2 aromatic heterocycles. The molecule has 3 rings (SSSR count). The van der Waals surface area contributed by atoms with Crippen LogP contribution in [-0.4, -0.2) is 23.1 Å². The first-order valence-electron chi connectivity index (χ1n) is 7.95. The van der Waals surface area contributed by atoms with Crippen LogP contribution in [0, 0.1) is 0 Å². The Morgan fingerprint density at radius 3 is 2.72 bits per heavy atom. The summed E-state index contributed by atoms with van der Waals surface area (Å²) in [6, 6.07) is 7.22. The number of ether oxygens (including phenoxy) is 1. The fourth-order valence-electron chi connectivity index (χ4n) is 2.87. The van der Waals surface area contributed by atoms with E-state index in [1.165, 1.54) is 0 Å². The minimum Gasteiger partial charge on any atom is -0.385 e. The highest BCUT2D eigenvalue weighted by atomic mass is 35.5. The molecule has 0 saturated heterocycles. The van der Waals surface area contributed by atoms with Gasteiger partial charge >= 0.3 is 0 Å². The second-order valence-electron chi connectivity index (χ2n) is 5.84. The van der Waals surface area contributed by atoms with Crippen LogP contribution in [0.1, 0.15) is 23.7 Å². The van der Waals surface area contributed by atoms with Gasteiger partial charge in [-0.3, -0.25) is 0 Å². The third-order valence-electron chi connectivity index (χ3n) is 4.22. The standard InChI is InChI=1S/C18H20Cl2N4O/c1-25-5-4-16(22)17-9-23-18-6-11(8-21)14(10-24(17)18)13-3-2-12(19)7-15(13)20/h2-3,6-7,9-10,16H,4-5,8,21-22H2,1H3. The number of nitrogens with two attached hydrogens (primary N) is 2. The molecule has 1 unspecified atom stereocenters. The van der Waals surface area contributed by atoms with Gasteiger partial charge in [-0.2, -0.15) is 0 Å². The molecule has 0 fully saturated rings.